The molecule has 0 aliphatic carbocycles. The summed E-state index contributed by atoms with van der Waals surface area (Å²) in [6.07, 6.45) is 1.02. The minimum atomic E-state index is -0.952. The molecule has 0 aliphatic heterocycles. The second-order valence-corrected chi connectivity index (χ2v) is 6.32. The molecule has 0 bridgehead atoms. The lowest BCUT2D eigenvalue weighted by molar-refractivity contribution is 0.218. The second-order valence-electron chi connectivity index (χ2n) is 4.40. The summed E-state index contributed by atoms with van der Waals surface area (Å²) >= 11 is 0. The maximum Gasteiger partial charge on any atom is 0.0577 e. The van der Waals surface area contributed by atoms with Crippen LogP contribution in [0.4, 0.5) is 0 Å². The predicted molar refractivity (Wildman–Crippen MR) is 77.1 cm³/mol. The van der Waals surface area contributed by atoms with E-state index in [1.165, 1.54) is 5.56 Å². The summed E-state index contributed by atoms with van der Waals surface area (Å²) in [5.74, 6) is 0.540. The van der Waals surface area contributed by atoms with E-state index in [1.54, 1.807) is 7.11 Å². The van der Waals surface area contributed by atoms with E-state index in [0.717, 1.165) is 12.0 Å². The Morgan fingerprint density at radius 3 is 2.44 bits per heavy atom. The molecule has 1 rings (SSSR count). The zero-order valence-corrected chi connectivity index (χ0v) is 12.2. The van der Waals surface area contributed by atoms with Crippen LogP contribution in [-0.4, -0.2) is 28.9 Å². The van der Waals surface area contributed by atoms with Gasteiger partial charge in [-0.3, -0.25) is 4.21 Å². The summed E-state index contributed by atoms with van der Waals surface area (Å²) in [7, 11) is 0.664. The first-order valence-electron chi connectivity index (χ1n) is 6.30. The van der Waals surface area contributed by atoms with E-state index in [9.17, 15) is 4.21 Å². The second kappa shape index (κ2) is 7.67. The van der Waals surface area contributed by atoms with Crippen LogP contribution in [0.15, 0.2) is 24.3 Å². The Morgan fingerprint density at radius 2 is 1.94 bits per heavy atom. The number of hydrogen-bond donors (Lipinski definition) is 1. The van der Waals surface area contributed by atoms with Crippen molar-refractivity contribution in [2.45, 2.75) is 31.6 Å². The fraction of sp³-hybridized carbons (Fsp3) is 0.571. The molecule has 0 spiro atoms. The van der Waals surface area contributed by atoms with Gasteiger partial charge in [-0.25, -0.2) is 0 Å². The van der Waals surface area contributed by atoms with Gasteiger partial charge >= 0.3 is 0 Å². The highest BCUT2D eigenvalue weighted by atomic mass is 32.2. The lowest BCUT2D eigenvalue weighted by Crippen LogP contribution is -2.29. The lowest BCUT2D eigenvalue weighted by atomic mass is 10.0. The number of nitrogens with two attached hydrogens (primary N) is 1. The molecule has 3 nitrogen and oxygen atoms in total. The van der Waals surface area contributed by atoms with Crippen LogP contribution in [-0.2, 0) is 22.0 Å². The summed E-state index contributed by atoms with van der Waals surface area (Å²) in [5.41, 5.74) is 8.51. The van der Waals surface area contributed by atoms with Crippen LogP contribution in [0.25, 0.3) is 0 Å². The van der Waals surface area contributed by atoms with E-state index < -0.39 is 10.8 Å². The van der Waals surface area contributed by atoms with Gasteiger partial charge in [0, 0.05) is 29.7 Å². The Labute approximate surface area is 112 Å². The van der Waals surface area contributed by atoms with E-state index in [4.69, 9.17) is 10.5 Å². The number of methoxy groups -OCH3 is 1. The van der Waals surface area contributed by atoms with Crippen LogP contribution in [0.5, 0.6) is 0 Å². The van der Waals surface area contributed by atoms with Crippen molar-refractivity contribution in [3.8, 4) is 0 Å². The third-order valence-corrected chi connectivity index (χ3v) is 4.87. The van der Waals surface area contributed by atoms with E-state index in [0.29, 0.717) is 12.4 Å². The molecule has 4 heteroatoms. The maximum absolute atomic E-state index is 12.0. The van der Waals surface area contributed by atoms with E-state index in [1.807, 2.05) is 19.1 Å². The Bertz CT molecular complexity index is 378. The van der Waals surface area contributed by atoms with Crippen LogP contribution in [0.1, 0.15) is 31.0 Å². The monoisotopic (exact) mass is 269 g/mol. The molecule has 1 aromatic rings. The van der Waals surface area contributed by atoms with Gasteiger partial charge in [0.2, 0.25) is 0 Å². The van der Waals surface area contributed by atoms with E-state index in [2.05, 4.69) is 19.1 Å². The molecule has 3 unspecified atom stereocenters. The smallest absolute Gasteiger partial charge is 0.0577 e. The first kappa shape index (κ1) is 15.3. The predicted octanol–water partition coefficient (Wildman–Crippen LogP) is 2.03. The maximum atomic E-state index is 12.0. The number of hydrogen-bond acceptors (Lipinski definition) is 3. The summed E-state index contributed by atoms with van der Waals surface area (Å²) < 4.78 is 16.9. The van der Waals surface area contributed by atoms with Crippen molar-refractivity contribution < 1.29 is 8.95 Å². The van der Waals surface area contributed by atoms with Crippen LogP contribution in [0, 0.1) is 0 Å². The highest BCUT2D eigenvalue weighted by Gasteiger charge is 2.20. The number of benzene rings is 1. The van der Waals surface area contributed by atoms with Crippen molar-refractivity contribution >= 4 is 10.8 Å². The Balaban J connectivity index is 2.66. The Hall–Kier alpha value is -0.710. The van der Waals surface area contributed by atoms with Gasteiger partial charge < -0.3 is 10.5 Å². The van der Waals surface area contributed by atoms with Gasteiger partial charge in [-0.2, -0.15) is 0 Å². The van der Waals surface area contributed by atoms with Crippen LogP contribution in [0.3, 0.4) is 0 Å². The molecule has 0 amide bonds. The number of rotatable bonds is 7. The van der Waals surface area contributed by atoms with Crippen molar-refractivity contribution in [1.82, 2.24) is 0 Å². The summed E-state index contributed by atoms with van der Waals surface area (Å²) in [6.45, 7) is 4.57. The molecular weight excluding hydrogens is 246 g/mol. The highest BCUT2D eigenvalue weighted by Crippen LogP contribution is 2.19. The third kappa shape index (κ3) is 4.19. The minimum Gasteiger partial charge on any atom is -0.384 e. The van der Waals surface area contributed by atoms with Crippen molar-refractivity contribution in [3.63, 3.8) is 0 Å². The summed E-state index contributed by atoms with van der Waals surface area (Å²) in [6, 6.07) is 8.05. The Kier molecular flexibility index (Phi) is 6.54. The molecule has 2 N–H and O–H groups in total. The molecule has 0 saturated carbocycles. The Morgan fingerprint density at radius 1 is 1.33 bits per heavy atom. The normalized spacial score (nSPS) is 16.2. The molecule has 18 heavy (non-hydrogen) atoms. The van der Waals surface area contributed by atoms with Gasteiger partial charge in [0.1, 0.15) is 0 Å². The summed E-state index contributed by atoms with van der Waals surface area (Å²) in [4.78, 5) is 0. The average molecular weight is 269 g/mol. The molecular formula is C14H23NO2S. The molecule has 0 heterocycles. The minimum absolute atomic E-state index is 0.0624. The zero-order chi connectivity index (χ0) is 13.5. The van der Waals surface area contributed by atoms with E-state index in [-0.39, 0.29) is 11.3 Å². The van der Waals surface area contributed by atoms with Crippen molar-refractivity contribution in [2.75, 3.05) is 19.5 Å². The molecule has 0 fully saturated rings. The fourth-order valence-corrected chi connectivity index (χ4v) is 2.95. The van der Waals surface area contributed by atoms with Crippen molar-refractivity contribution in [3.05, 3.63) is 35.4 Å². The average Bonchev–Trinajstić information content (AvgIpc) is 2.43. The molecule has 3 atom stereocenters. The standard InChI is InChI=1S/C14H23NO2S/c1-4-12-5-7-13(8-6-12)14(15)11(2)18(16)10-9-17-3/h5-8,11,14H,4,9-10,15H2,1-3H3. The van der Waals surface area contributed by atoms with Crippen LogP contribution in [0.2, 0.25) is 0 Å². The van der Waals surface area contributed by atoms with Gasteiger partial charge in [0.15, 0.2) is 0 Å². The zero-order valence-electron chi connectivity index (χ0n) is 11.4. The molecule has 0 radical (unpaired) electrons. The largest absolute Gasteiger partial charge is 0.384 e. The quantitative estimate of drug-likeness (QED) is 0.824. The highest BCUT2D eigenvalue weighted by molar-refractivity contribution is 7.85. The van der Waals surface area contributed by atoms with Gasteiger partial charge in [-0.1, -0.05) is 31.2 Å². The SMILES string of the molecule is CCc1ccc(C(N)C(C)S(=O)CCOC)cc1. The molecule has 0 aromatic heterocycles. The number of ether oxygens (including phenoxy) is 1. The lowest BCUT2D eigenvalue weighted by Gasteiger charge is -2.20. The van der Waals surface area contributed by atoms with Crippen molar-refractivity contribution in [1.29, 1.82) is 0 Å². The van der Waals surface area contributed by atoms with Crippen molar-refractivity contribution in [2.24, 2.45) is 5.73 Å². The van der Waals surface area contributed by atoms with E-state index >= 15 is 0 Å². The van der Waals surface area contributed by atoms with Gasteiger partial charge in [-0.15, -0.1) is 0 Å². The van der Waals surface area contributed by atoms with Crippen LogP contribution >= 0.6 is 0 Å². The third-order valence-electron chi connectivity index (χ3n) is 3.18. The first-order valence-corrected chi connectivity index (χ1v) is 7.68. The van der Waals surface area contributed by atoms with Gasteiger partial charge in [0.05, 0.1) is 11.9 Å². The molecule has 0 aliphatic rings. The van der Waals surface area contributed by atoms with Gasteiger partial charge in [0.25, 0.3) is 0 Å². The number of aryl methyl sites for hydroxylation is 1. The molecule has 1 aromatic carbocycles. The van der Waals surface area contributed by atoms with Crippen LogP contribution < -0.4 is 5.73 Å². The first-order chi connectivity index (χ1) is 8.60. The molecule has 0 saturated heterocycles. The topological polar surface area (TPSA) is 52.3 Å². The fourth-order valence-electron chi connectivity index (χ4n) is 1.76. The summed E-state index contributed by atoms with van der Waals surface area (Å²) in [5, 5.41) is -0.0624. The van der Waals surface area contributed by atoms with Gasteiger partial charge in [-0.05, 0) is 24.5 Å². The molecule has 102 valence electrons.